The summed E-state index contributed by atoms with van der Waals surface area (Å²) in [6.45, 7) is 5.78. The van der Waals surface area contributed by atoms with Crippen LogP contribution in [0.2, 0.25) is 5.02 Å². The van der Waals surface area contributed by atoms with E-state index in [9.17, 15) is 9.59 Å². The SMILES string of the molecule is CCOc1ccc(-n2c(SC(C)C(=O)Nc3cccc(C(C)=O)c3)nnc2-c2ccccc2Cl)cc1. The third-order valence-electron chi connectivity index (χ3n) is 5.34. The number of carbonyl (C=O) groups excluding carboxylic acids is 2. The lowest BCUT2D eigenvalue weighted by Crippen LogP contribution is -2.23. The van der Waals surface area contributed by atoms with E-state index in [4.69, 9.17) is 16.3 Å². The van der Waals surface area contributed by atoms with Crippen molar-refractivity contribution in [3.8, 4) is 22.8 Å². The number of Topliss-reactive ketones (excluding diaryl/α,β-unsaturated/α-hetero) is 1. The normalized spacial score (nSPS) is 11.7. The summed E-state index contributed by atoms with van der Waals surface area (Å²) in [4.78, 5) is 24.7. The maximum Gasteiger partial charge on any atom is 0.237 e. The second-order valence-corrected chi connectivity index (χ2v) is 9.65. The largest absolute Gasteiger partial charge is 0.494 e. The zero-order chi connectivity index (χ0) is 25.7. The number of hydrogen-bond donors (Lipinski definition) is 1. The molecule has 0 spiro atoms. The number of ether oxygens (including phenoxy) is 1. The summed E-state index contributed by atoms with van der Waals surface area (Å²) in [5.41, 5.74) is 2.63. The van der Waals surface area contributed by atoms with Crippen LogP contribution >= 0.6 is 23.4 Å². The zero-order valence-electron chi connectivity index (χ0n) is 20.1. The zero-order valence-corrected chi connectivity index (χ0v) is 21.6. The Kier molecular flexibility index (Phi) is 8.07. The van der Waals surface area contributed by atoms with Gasteiger partial charge in [0.1, 0.15) is 5.75 Å². The predicted octanol–water partition coefficient (Wildman–Crippen LogP) is 6.31. The number of rotatable bonds is 9. The van der Waals surface area contributed by atoms with Gasteiger partial charge >= 0.3 is 0 Å². The minimum atomic E-state index is -0.504. The lowest BCUT2D eigenvalue weighted by Gasteiger charge is -2.15. The van der Waals surface area contributed by atoms with Crippen LogP contribution in [0.25, 0.3) is 17.1 Å². The summed E-state index contributed by atoms with van der Waals surface area (Å²) >= 11 is 7.75. The minimum absolute atomic E-state index is 0.0657. The fraction of sp³-hybridized carbons (Fsp3) is 0.185. The number of benzene rings is 3. The van der Waals surface area contributed by atoms with Crippen molar-refractivity contribution in [3.05, 3.63) is 83.4 Å². The molecule has 0 aliphatic carbocycles. The Balaban J connectivity index is 1.64. The van der Waals surface area contributed by atoms with Gasteiger partial charge in [0.05, 0.1) is 16.9 Å². The summed E-state index contributed by atoms with van der Waals surface area (Å²) in [6.07, 6.45) is 0. The highest BCUT2D eigenvalue weighted by atomic mass is 35.5. The number of hydrogen-bond acceptors (Lipinski definition) is 6. The maximum absolute atomic E-state index is 13.0. The van der Waals surface area contributed by atoms with Gasteiger partial charge in [0, 0.05) is 22.5 Å². The van der Waals surface area contributed by atoms with Crippen LogP contribution in [0.1, 0.15) is 31.1 Å². The van der Waals surface area contributed by atoms with Crippen molar-refractivity contribution in [1.29, 1.82) is 0 Å². The predicted molar refractivity (Wildman–Crippen MR) is 143 cm³/mol. The van der Waals surface area contributed by atoms with Crippen LogP contribution in [-0.4, -0.2) is 38.3 Å². The van der Waals surface area contributed by atoms with Crippen LogP contribution in [-0.2, 0) is 4.79 Å². The molecular formula is C27H25ClN4O3S. The van der Waals surface area contributed by atoms with Gasteiger partial charge in [-0.2, -0.15) is 0 Å². The van der Waals surface area contributed by atoms with Crippen LogP contribution in [0.4, 0.5) is 5.69 Å². The highest BCUT2D eigenvalue weighted by molar-refractivity contribution is 8.00. The number of nitrogens with zero attached hydrogens (tertiary/aromatic N) is 3. The number of amides is 1. The topological polar surface area (TPSA) is 86.1 Å². The Hall–Kier alpha value is -3.62. The quantitative estimate of drug-likeness (QED) is 0.205. The molecule has 1 N–H and O–H groups in total. The molecule has 0 saturated carbocycles. The van der Waals surface area contributed by atoms with Crippen molar-refractivity contribution in [2.24, 2.45) is 0 Å². The smallest absolute Gasteiger partial charge is 0.237 e. The number of ketones is 1. The van der Waals surface area contributed by atoms with E-state index in [0.717, 1.165) is 17.0 Å². The molecule has 0 radical (unpaired) electrons. The van der Waals surface area contributed by atoms with Gasteiger partial charge in [-0.25, -0.2) is 0 Å². The highest BCUT2D eigenvalue weighted by Crippen LogP contribution is 2.34. The van der Waals surface area contributed by atoms with Gasteiger partial charge in [-0.3, -0.25) is 14.2 Å². The summed E-state index contributed by atoms with van der Waals surface area (Å²) in [5.74, 6) is 1.03. The average Bonchev–Trinajstić information content (AvgIpc) is 3.28. The van der Waals surface area contributed by atoms with Gasteiger partial charge in [0.2, 0.25) is 5.91 Å². The number of thioether (sulfide) groups is 1. The second-order valence-electron chi connectivity index (χ2n) is 7.93. The number of anilines is 1. The van der Waals surface area contributed by atoms with Crippen LogP contribution in [0.5, 0.6) is 5.75 Å². The molecular weight excluding hydrogens is 496 g/mol. The second kappa shape index (κ2) is 11.4. The van der Waals surface area contributed by atoms with Gasteiger partial charge in [-0.1, -0.05) is 47.6 Å². The van der Waals surface area contributed by atoms with Crippen LogP contribution in [0, 0.1) is 0 Å². The molecule has 0 aliphatic rings. The first kappa shape index (κ1) is 25.5. The van der Waals surface area contributed by atoms with E-state index in [0.29, 0.717) is 33.9 Å². The summed E-state index contributed by atoms with van der Waals surface area (Å²) in [5, 5.41) is 12.3. The molecule has 9 heteroatoms. The van der Waals surface area contributed by atoms with Gasteiger partial charge < -0.3 is 10.1 Å². The van der Waals surface area contributed by atoms with Crippen LogP contribution in [0.3, 0.4) is 0 Å². The standard InChI is InChI=1S/C27H25ClN4O3S/c1-4-35-22-14-12-21(13-15-22)32-25(23-10-5-6-11-24(23)28)30-31-27(32)36-18(3)26(34)29-20-9-7-8-19(16-20)17(2)33/h5-16,18H,4H2,1-3H3,(H,29,34). The molecule has 1 heterocycles. The van der Waals surface area contributed by atoms with Crippen molar-refractivity contribution in [3.63, 3.8) is 0 Å². The third kappa shape index (κ3) is 5.78. The summed E-state index contributed by atoms with van der Waals surface area (Å²) < 4.78 is 7.45. The Morgan fingerprint density at radius 1 is 1.06 bits per heavy atom. The molecule has 1 aromatic heterocycles. The first-order chi connectivity index (χ1) is 17.4. The maximum atomic E-state index is 13.0. The highest BCUT2D eigenvalue weighted by Gasteiger charge is 2.23. The molecule has 0 saturated heterocycles. The van der Waals surface area contributed by atoms with Crippen molar-refractivity contribution in [2.75, 3.05) is 11.9 Å². The Labute approximate surface area is 218 Å². The number of halogens is 1. The van der Waals surface area contributed by atoms with E-state index in [-0.39, 0.29) is 11.7 Å². The fourth-order valence-corrected chi connectivity index (χ4v) is 4.61. The lowest BCUT2D eigenvalue weighted by molar-refractivity contribution is -0.115. The number of carbonyl (C=O) groups is 2. The fourth-order valence-electron chi connectivity index (χ4n) is 3.53. The van der Waals surface area contributed by atoms with E-state index in [1.165, 1.54) is 18.7 Å². The minimum Gasteiger partial charge on any atom is -0.494 e. The summed E-state index contributed by atoms with van der Waals surface area (Å²) in [6, 6.07) is 21.9. The number of aromatic nitrogens is 3. The molecule has 1 atom stereocenters. The monoisotopic (exact) mass is 520 g/mol. The molecule has 1 amide bonds. The van der Waals surface area contributed by atoms with E-state index in [1.807, 2.05) is 54.0 Å². The van der Waals surface area contributed by atoms with Crippen LogP contribution < -0.4 is 10.1 Å². The van der Waals surface area contributed by atoms with E-state index >= 15 is 0 Å². The molecule has 7 nitrogen and oxygen atoms in total. The van der Waals surface area contributed by atoms with Crippen molar-refractivity contribution >= 4 is 40.7 Å². The van der Waals surface area contributed by atoms with Gasteiger partial charge in [0.25, 0.3) is 0 Å². The Bertz CT molecular complexity index is 1390. The molecule has 4 rings (SSSR count). The van der Waals surface area contributed by atoms with Gasteiger partial charge in [0.15, 0.2) is 16.8 Å². The first-order valence-corrected chi connectivity index (χ1v) is 12.6. The average molecular weight is 521 g/mol. The van der Waals surface area contributed by atoms with Crippen molar-refractivity contribution in [1.82, 2.24) is 14.8 Å². The Morgan fingerprint density at radius 2 is 1.81 bits per heavy atom. The molecule has 4 aromatic rings. The molecule has 0 bridgehead atoms. The first-order valence-electron chi connectivity index (χ1n) is 11.4. The van der Waals surface area contributed by atoms with Crippen molar-refractivity contribution < 1.29 is 14.3 Å². The Morgan fingerprint density at radius 3 is 2.50 bits per heavy atom. The molecule has 3 aromatic carbocycles. The van der Waals surface area contributed by atoms with Gasteiger partial charge in [-0.15, -0.1) is 10.2 Å². The molecule has 184 valence electrons. The van der Waals surface area contributed by atoms with E-state index < -0.39 is 5.25 Å². The number of nitrogens with one attached hydrogen (secondary N) is 1. The lowest BCUT2D eigenvalue weighted by atomic mass is 10.1. The molecule has 1 unspecified atom stereocenters. The molecule has 0 fully saturated rings. The van der Waals surface area contributed by atoms with Gasteiger partial charge in [-0.05, 0) is 69.3 Å². The molecule has 0 aliphatic heterocycles. The molecule has 36 heavy (non-hydrogen) atoms. The van der Waals surface area contributed by atoms with Crippen molar-refractivity contribution in [2.45, 2.75) is 31.2 Å². The van der Waals surface area contributed by atoms with E-state index in [1.54, 1.807) is 37.3 Å². The van der Waals surface area contributed by atoms with E-state index in [2.05, 4.69) is 15.5 Å². The third-order valence-corrected chi connectivity index (χ3v) is 6.71. The van der Waals surface area contributed by atoms with Crippen LogP contribution in [0.15, 0.2) is 78.0 Å². The summed E-state index contributed by atoms with van der Waals surface area (Å²) in [7, 11) is 0.